The van der Waals surface area contributed by atoms with Crippen LogP contribution in [0.4, 0.5) is 0 Å². The lowest BCUT2D eigenvalue weighted by atomic mass is 10.0. The van der Waals surface area contributed by atoms with Crippen LogP contribution in [0.25, 0.3) is 0 Å². The normalized spacial score (nSPS) is 25.6. The number of nitrogens with zero attached hydrogens (tertiary/aromatic N) is 3. The van der Waals surface area contributed by atoms with E-state index in [0.717, 1.165) is 25.7 Å². The van der Waals surface area contributed by atoms with Crippen molar-refractivity contribution in [3.05, 3.63) is 17.2 Å². The van der Waals surface area contributed by atoms with Crippen LogP contribution in [0, 0.1) is 5.92 Å². The number of rotatable bonds is 6. The van der Waals surface area contributed by atoms with Crippen LogP contribution in [-0.4, -0.2) is 40.8 Å². The molecule has 0 N–H and O–H groups in total. The topological polar surface area (TPSA) is 30.3 Å². The summed E-state index contributed by atoms with van der Waals surface area (Å²) in [7, 11) is 2.23. The molecule has 1 unspecified atom stereocenters. The standard InChI is InChI=1S/C18H29N3O/c1-20-16-6-3-2-5-15(16)19-18(20)17-7-4-10-21(17)11-12-22-13-14-8-9-14/h14,17H,2-13H2,1H3. The number of fused-ring (bicyclic) bond motifs is 1. The third-order valence-corrected chi connectivity index (χ3v) is 5.64. The highest BCUT2D eigenvalue weighted by molar-refractivity contribution is 5.22. The van der Waals surface area contributed by atoms with Crippen LogP contribution in [0.3, 0.4) is 0 Å². The summed E-state index contributed by atoms with van der Waals surface area (Å²) >= 11 is 0. The molecule has 4 nitrogen and oxygen atoms in total. The zero-order chi connectivity index (χ0) is 14.9. The van der Waals surface area contributed by atoms with Gasteiger partial charge in [0.25, 0.3) is 0 Å². The molecule has 0 spiro atoms. The maximum atomic E-state index is 5.85. The molecule has 2 fully saturated rings. The molecule has 0 amide bonds. The predicted molar refractivity (Wildman–Crippen MR) is 86.9 cm³/mol. The summed E-state index contributed by atoms with van der Waals surface area (Å²) in [5.41, 5.74) is 2.87. The Morgan fingerprint density at radius 3 is 2.82 bits per heavy atom. The van der Waals surface area contributed by atoms with Crippen LogP contribution < -0.4 is 0 Å². The molecule has 22 heavy (non-hydrogen) atoms. The molecule has 2 aliphatic carbocycles. The number of hydrogen-bond acceptors (Lipinski definition) is 3. The largest absolute Gasteiger partial charge is 0.380 e. The van der Waals surface area contributed by atoms with Gasteiger partial charge in [0.05, 0.1) is 18.3 Å². The molecule has 2 heterocycles. The van der Waals surface area contributed by atoms with E-state index in [0.29, 0.717) is 6.04 Å². The molecule has 4 rings (SSSR count). The second kappa shape index (κ2) is 6.32. The van der Waals surface area contributed by atoms with Crippen LogP contribution in [0.5, 0.6) is 0 Å². The Hall–Kier alpha value is -0.870. The van der Waals surface area contributed by atoms with E-state index in [1.165, 1.54) is 75.1 Å². The van der Waals surface area contributed by atoms with Crippen molar-refractivity contribution < 1.29 is 4.74 Å². The zero-order valence-corrected chi connectivity index (χ0v) is 13.9. The summed E-state index contributed by atoms with van der Waals surface area (Å²) in [4.78, 5) is 7.63. The van der Waals surface area contributed by atoms with E-state index in [2.05, 4.69) is 16.5 Å². The molecular formula is C18H29N3O. The molecule has 1 aliphatic heterocycles. The van der Waals surface area contributed by atoms with E-state index >= 15 is 0 Å². The monoisotopic (exact) mass is 303 g/mol. The molecule has 0 bridgehead atoms. The molecule has 122 valence electrons. The first kappa shape index (κ1) is 14.7. The van der Waals surface area contributed by atoms with E-state index in [-0.39, 0.29) is 0 Å². The number of aryl methyl sites for hydroxylation is 1. The van der Waals surface area contributed by atoms with Crippen molar-refractivity contribution in [3.63, 3.8) is 0 Å². The summed E-state index contributed by atoms with van der Waals surface area (Å²) in [6.07, 6.45) is 10.4. The van der Waals surface area contributed by atoms with Crippen molar-refractivity contribution in [3.8, 4) is 0 Å². The van der Waals surface area contributed by atoms with E-state index < -0.39 is 0 Å². The average Bonchev–Trinajstić information content (AvgIpc) is 3.15. The van der Waals surface area contributed by atoms with Gasteiger partial charge in [-0.05, 0) is 63.8 Å². The van der Waals surface area contributed by atoms with Crippen molar-refractivity contribution >= 4 is 0 Å². The van der Waals surface area contributed by atoms with E-state index in [1.54, 1.807) is 0 Å². The molecular weight excluding hydrogens is 274 g/mol. The summed E-state index contributed by atoms with van der Waals surface area (Å²) in [6, 6.07) is 0.514. The maximum absolute atomic E-state index is 5.85. The molecule has 0 radical (unpaired) electrons. The van der Waals surface area contributed by atoms with Crippen molar-refractivity contribution in [2.24, 2.45) is 13.0 Å². The van der Waals surface area contributed by atoms with E-state index in [4.69, 9.17) is 9.72 Å². The summed E-state index contributed by atoms with van der Waals surface area (Å²) in [5.74, 6) is 2.18. The van der Waals surface area contributed by atoms with E-state index in [9.17, 15) is 0 Å². The van der Waals surface area contributed by atoms with Gasteiger partial charge in [-0.1, -0.05) is 0 Å². The molecule has 1 saturated carbocycles. The highest BCUT2D eigenvalue weighted by Gasteiger charge is 2.31. The predicted octanol–water partition coefficient (Wildman–Crippen LogP) is 2.86. The van der Waals surface area contributed by atoms with Gasteiger partial charge in [0, 0.05) is 25.9 Å². The third-order valence-electron chi connectivity index (χ3n) is 5.64. The molecule has 4 heteroatoms. The highest BCUT2D eigenvalue weighted by atomic mass is 16.5. The Morgan fingerprint density at radius 2 is 2.00 bits per heavy atom. The minimum atomic E-state index is 0.514. The minimum absolute atomic E-state index is 0.514. The van der Waals surface area contributed by atoms with Gasteiger partial charge in [0.1, 0.15) is 5.82 Å². The van der Waals surface area contributed by atoms with Gasteiger partial charge < -0.3 is 9.30 Å². The lowest BCUT2D eigenvalue weighted by Crippen LogP contribution is -2.29. The number of aromatic nitrogens is 2. The SMILES string of the molecule is Cn1c(C2CCCN2CCOCC2CC2)nc2c1CCCC2. The van der Waals surface area contributed by atoms with Gasteiger partial charge in [-0.3, -0.25) is 4.90 Å². The highest BCUT2D eigenvalue weighted by Crippen LogP contribution is 2.33. The van der Waals surface area contributed by atoms with Gasteiger partial charge in [-0.2, -0.15) is 0 Å². The third kappa shape index (κ3) is 2.95. The minimum Gasteiger partial charge on any atom is -0.380 e. The first-order valence-corrected chi connectivity index (χ1v) is 9.19. The Kier molecular flexibility index (Phi) is 4.23. The second-order valence-electron chi connectivity index (χ2n) is 7.34. The number of ether oxygens (including phenoxy) is 1. The van der Waals surface area contributed by atoms with Crippen LogP contribution in [0.15, 0.2) is 0 Å². The fourth-order valence-corrected chi connectivity index (χ4v) is 4.11. The molecule has 1 atom stereocenters. The van der Waals surface area contributed by atoms with Gasteiger partial charge in [-0.25, -0.2) is 4.98 Å². The summed E-state index contributed by atoms with van der Waals surface area (Å²) in [6.45, 7) is 4.14. The van der Waals surface area contributed by atoms with Gasteiger partial charge in [-0.15, -0.1) is 0 Å². The molecule has 3 aliphatic rings. The summed E-state index contributed by atoms with van der Waals surface area (Å²) in [5, 5.41) is 0. The Morgan fingerprint density at radius 1 is 1.14 bits per heavy atom. The van der Waals surface area contributed by atoms with Crippen molar-refractivity contribution in [1.29, 1.82) is 0 Å². The van der Waals surface area contributed by atoms with Gasteiger partial charge >= 0.3 is 0 Å². The average molecular weight is 303 g/mol. The molecule has 1 aromatic heterocycles. The second-order valence-corrected chi connectivity index (χ2v) is 7.34. The van der Waals surface area contributed by atoms with Gasteiger partial charge in [0.2, 0.25) is 0 Å². The lowest BCUT2D eigenvalue weighted by molar-refractivity contribution is 0.0908. The summed E-state index contributed by atoms with van der Waals surface area (Å²) < 4.78 is 8.25. The fraction of sp³-hybridized carbons (Fsp3) is 0.833. The van der Waals surface area contributed by atoms with Crippen molar-refractivity contribution in [2.45, 2.75) is 57.4 Å². The molecule has 1 saturated heterocycles. The molecule has 0 aromatic carbocycles. The number of imidazole rings is 1. The Bertz CT molecular complexity index is 521. The lowest BCUT2D eigenvalue weighted by Gasteiger charge is -2.24. The smallest absolute Gasteiger partial charge is 0.126 e. The van der Waals surface area contributed by atoms with Crippen LogP contribution in [0.2, 0.25) is 0 Å². The van der Waals surface area contributed by atoms with Crippen LogP contribution in [0.1, 0.15) is 61.8 Å². The Balaban J connectivity index is 1.40. The van der Waals surface area contributed by atoms with E-state index in [1.807, 2.05) is 0 Å². The zero-order valence-electron chi connectivity index (χ0n) is 13.9. The quantitative estimate of drug-likeness (QED) is 0.757. The maximum Gasteiger partial charge on any atom is 0.126 e. The molecule has 1 aromatic rings. The van der Waals surface area contributed by atoms with Gasteiger partial charge in [0.15, 0.2) is 0 Å². The van der Waals surface area contributed by atoms with Crippen molar-refractivity contribution in [2.75, 3.05) is 26.3 Å². The van der Waals surface area contributed by atoms with Crippen LogP contribution in [-0.2, 0) is 24.6 Å². The number of likely N-dealkylation sites (tertiary alicyclic amines) is 1. The first-order valence-electron chi connectivity index (χ1n) is 9.19. The van der Waals surface area contributed by atoms with Crippen LogP contribution >= 0.6 is 0 Å². The number of hydrogen-bond donors (Lipinski definition) is 0. The fourth-order valence-electron chi connectivity index (χ4n) is 4.11. The Labute approximate surface area is 133 Å². The first-order chi connectivity index (χ1) is 10.8. The van der Waals surface area contributed by atoms with Crippen molar-refractivity contribution in [1.82, 2.24) is 14.5 Å².